The van der Waals surface area contributed by atoms with Crippen molar-refractivity contribution in [1.29, 1.82) is 10.5 Å². The minimum atomic E-state index is 0.379. The average Bonchev–Trinajstić information content (AvgIpc) is 3.89. The van der Waals surface area contributed by atoms with Crippen molar-refractivity contribution in [3.05, 3.63) is 175 Å². The normalized spacial score (nSPS) is 11.2. The summed E-state index contributed by atoms with van der Waals surface area (Å²) in [6.07, 6.45) is 0. The first-order valence-corrected chi connectivity index (χ1v) is 17.7. The largest absolute Gasteiger partial charge is 0.436 e. The summed E-state index contributed by atoms with van der Waals surface area (Å²) in [6, 6.07) is 59.0. The van der Waals surface area contributed by atoms with Crippen LogP contribution in [0.15, 0.2) is 173 Å². The first kappa shape index (κ1) is 31.7. The lowest BCUT2D eigenvalue weighted by Crippen LogP contribution is -2.09. The molecule has 0 saturated carbocycles. The molecule has 0 N–H and O–H groups in total. The third kappa shape index (κ3) is 5.70. The van der Waals surface area contributed by atoms with Gasteiger partial charge in [-0.1, -0.05) is 54.6 Å². The minimum absolute atomic E-state index is 0.379. The summed E-state index contributed by atoms with van der Waals surface area (Å²) >= 11 is 0. The molecule has 0 aliphatic heterocycles. The maximum atomic E-state index is 9.57. The lowest BCUT2D eigenvalue weighted by Gasteiger charge is -2.26. The van der Waals surface area contributed by atoms with Gasteiger partial charge >= 0.3 is 0 Å². The molecule has 0 radical (unpaired) electrons. The number of benzene rings is 8. The van der Waals surface area contributed by atoms with Gasteiger partial charge in [-0.3, -0.25) is 0 Å². The van der Waals surface area contributed by atoms with Crippen LogP contribution >= 0.6 is 0 Å². The summed E-state index contributed by atoms with van der Waals surface area (Å²) < 4.78 is 12.1. The molecule has 7 nitrogen and oxygen atoms in total. The van der Waals surface area contributed by atoms with Gasteiger partial charge in [0.25, 0.3) is 0 Å². The Kier molecular flexibility index (Phi) is 7.43. The van der Waals surface area contributed by atoms with E-state index in [1.165, 1.54) is 0 Å². The summed E-state index contributed by atoms with van der Waals surface area (Å²) in [5.74, 6) is 1.15. The van der Waals surface area contributed by atoms with Crippen LogP contribution in [0, 0.1) is 22.7 Å². The van der Waals surface area contributed by atoms with E-state index in [2.05, 4.69) is 89.8 Å². The summed E-state index contributed by atoms with van der Waals surface area (Å²) in [5.41, 5.74) is 10.7. The Balaban J connectivity index is 1.03. The van der Waals surface area contributed by atoms with Crippen molar-refractivity contribution < 1.29 is 8.83 Å². The molecule has 0 bridgehead atoms. The number of fused-ring (bicyclic) bond motifs is 4. The zero-order valence-electron chi connectivity index (χ0n) is 29.1. The van der Waals surface area contributed by atoms with Crippen molar-refractivity contribution >= 4 is 60.8 Å². The highest BCUT2D eigenvalue weighted by Crippen LogP contribution is 2.39. The van der Waals surface area contributed by atoms with E-state index in [4.69, 9.17) is 18.8 Å². The Labute approximate surface area is 315 Å². The van der Waals surface area contributed by atoms with Crippen molar-refractivity contribution in [3.8, 4) is 46.2 Å². The zero-order valence-corrected chi connectivity index (χ0v) is 29.1. The standard InChI is InChI=1S/C48H27N5O2/c49-28-38-25-35-11-9-33(24-37(35)26-39(38)29-50)32-10-12-36-27-42(22-17-34(36)23-32)53(40-18-13-30(14-19-40)47-51-43-5-1-3-7-45(43)54-47)41-20-15-31(16-21-41)48-52-44-6-2-4-8-46(44)55-48/h1-27H. The van der Waals surface area contributed by atoms with Gasteiger partial charge < -0.3 is 13.7 Å². The van der Waals surface area contributed by atoms with Gasteiger partial charge in [0.05, 0.1) is 11.1 Å². The van der Waals surface area contributed by atoms with Gasteiger partial charge in [0.1, 0.15) is 23.2 Å². The van der Waals surface area contributed by atoms with Gasteiger partial charge in [-0.05, 0) is 142 Å². The smallest absolute Gasteiger partial charge is 0.227 e. The van der Waals surface area contributed by atoms with E-state index in [-0.39, 0.29) is 0 Å². The zero-order chi connectivity index (χ0) is 36.9. The highest BCUT2D eigenvalue weighted by atomic mass is 16.4. The molecule has 0 aliphatic rings. The number of oxazole rings is 2. The Hall–Kier alpha value is -8.00. The summed E-state index contributed by atoms with van der Waals surface area (Å²) in [7, 11) is 0. The Morgan fingerprint density at radius 2 is 0.818 bits per heavy atom. The molecule has 8 aromatic carbocycles. The predicted molar refractivity (Wildman–Crippen MR) is 217 cm³/mol. The summed E-state index contributed by atoms with van der Waals surface area (Å²) in [4.78, 5) is 11.6. The van der Waals surface area contributed by atoms with Gasteiger partial charge in [0.15, 0.2) is 11.2 Å². The van der Waals surface area contributed by atoms with Crippen LogP contribution in [0.2, 0.25) is 0 Å². The molecule has 10 aromatic rings. The third-order valence-corrected chi connectivity index (χ3v) is 9.97. The van der Waals surface area contributed by atoms with Crippen LogP contribution in [0.4, 0.5) is 17.1 Å². The fourth-order valence-corrected chi connectivity index (χ4v) is 7.16. The number of hydrogen-bond donors (Lipinski definition) is 0. The van der Waals surface area contributed by atoms with Crippen molar-refractivity contribution in [3.63, 3.8) is 0 Å². The molecule has 0 amide bonds. The quantitative estimate of drug-likeness (QED) is 0.170. The van der Waals surface area contributed by atoms with Crippen molar-refractivity contribution in [2.75, 3.05) is 4.90 Å². The SMILES string of the molecule is N#Cc1cc2ccc(-c3ccc4cc(N(c5ccc(-c6nc7ccccc7o6)cc5)c5ccc(-c6nc7ccccc7o6)cc5)ccc4c3)cc2cc1C#N. The molecule has 0 atom stereocenters. The number of hydrogen-bond acceptors (Lipinski definition) is 7. The first-order valence-electron chi connectivity index (χ1n) is 17.7. The number of nitrogens with zero attached hydrogens (tertiary/aromatic N) is 5. The number of rotatable bonds is 6. The first-order chi connectivity index (χ1) is 27.1. The van der Waals surface area contributed by atoms with Gasteiger partial charge in [0.2, 0.25) is 11.8 Å². The van der Waals surface area contributed by atoms with Gasteiger partial charge in [0, 0.05) is 28.2 Å². The molecule has 10 rings (SSSR count). The van der Waals surface area contributed by atoms with Crippen LogP contribution in [0.5, 0.6) is 0 Å². The molecule has 0 unspecified atom stereocenters. The Morgan fingerprint density at radius 3 is 1.35 bits per heavy atom. The molecule has 55 heavy (non-hydrogen) atoms. The molecule has 256 valence electrons. The maximum Gasteiger partial charge on any atom is 0.227 e. The minimum Gasteiger partial charge on any atom is -0.436 e. The second-order valence-electron chi connectivity index (χ2n) is 13.3. The van der Waals surface area contributed by atoms with Gasteiger partial charge in [-0.15, -0.1) is 0 Å². The van der Waals surface area contributed by atoms with E-state index >= 15 is 0 Å². The summed E-state index contributed by atoms with van der Waals surface area (Å²) in [5, 5.41) is 23.1. The highest BCUT2D eigenvalue weighted by molar-refractivity contribution is 5.95. The molecule has 0 spiro atoms. The van der Waals surface area contributed by atoms with Crippen molar-refractivity contribution in [2.45, 2.75) is 0 Å². The second kappa shape index (κ2) is 12.9. The monoisotopic (exact) mass is 705 g/mol. The lowest BCUT2D eigenvalue weighted by molar-refractivity contribution is 0.619. The number of nitriles is 2. The van der Waals surface area contributed by atoms with Crippen LogP contribution in [-0.2, 0) is 0 Å². The Bertz CT molecular complexity index is 3000. The lowest BCUT2D eigenvalue weighted by atomic mass is 9.96. The second-order valence-corrected chi connectivity index (χ2v) is 13.3. The van der Waals surface area contributed by atoms with Gasteiger partial charge in [-0.25, -0.2) is 9.97 Å². The predicted octanol–water partition coefficient (Wildman–Crippen LogP) is 12.5. The topological polar surface area (TPSA) is 103 Å². The van der Waals surface area contributed by atoms with Crippen LogP contribution < -0.4 is 4.90 Å². The fourth-order valence-electron chi connectivity index (χ4n) is 7.16. The maximum absolute atomic E-state index is 9.57. The Morgan fingerprint density at radius 1 is 0.400 bits per heavy atom. The van der Waals surface area contributed by atoms with Crippen LogP contribution in [0.1, 0.15) is 11.1 Å². The molecular weight excluding hydrogens is 679 g/mol. The van der Waals surface area contributed by atoms with Crippen molar-refractivity contribution in [2.24, 2.45) is 0 Å². The molecule has 2 aromatic heterocycles. The van der Waals surface area contributed by atoms with E-state index in [1.807, 2.05) is 78.9 Å². The van der Waals surface area contributed by atoms with E-state index in [1.54, 1.807) is 12.1 Å². The molecule has 0 aliphatic carbocycles. The van der Waals surface area contributed by atoms with E-state index < -0.39 is 0 Å². The molecule has 0 saturated heterocycles. The van der Waals surface area contributed by atoms with Crippen molar-refractivity contribution in [1.82, 2.24) is 9.97 Å². The number of aromatic nitrogens is 2. The van der Waals surface area contributed by atoms with Crippen LogP contribution in [0.3, 0.4) is 0 Å². The highest BCUT2D eigenvalue weighted by Gasteiger charge is 2.17. The molecular formula is C48H27N5O2. The fraction of sp³-hybridized carbons (Fsp3) is 0. The van der Waals surface area contributed by atoms with E-state index in [0.29, 0.717) is 22.9 Å². The van der Waals surface area contributed by atoms with Crippen LogP contribution in [-0.4, -0.2) is 9.97 Å². The molecule has 7 heteroatoms. The van der Waals surface area contributed by atoms with Gasteiger partial charge in [-0.2, -0.15) is 10.5 Å². The number of anilines is 3. The van der Waals surface area contributed by atoms with E-state index in [9.17, 15) is 10.5 Å². The summed E-state index contributed by atoms with van der Waals surface area (Å²) in [6.45, 7) is 0. The average molecular weight is 706 g/mol. The van der Waals surface area contributed by atoms with Crippen LogP contribution in [0.25, 0.3) is 77.8 Å². The molecule has 2 heterocycles. The third-order valence-electron chi connectivity index (χ3n) is 9.97. The molecule has 0 fully saturated rings. The van der Waals surface area contributed by atoms with E-state index in [0.717, 1.165) is 83.1 Å². The number of para-hydroxylation sites is 4.